The van der Waals surface area contributed by atoms with E-state index in [9.17, 15) is 0 Å². The summed E-state index contributed by atoms with van der Waals surface area (Å²) in [7, 11) is 0. The molecule has 0 aliphatic carbocycles. The van der Waals surface area contributed by atoms with Crippen molar-refractivity contribution < 1.29 is 0 Å². The van der Waals surface area contributed by atoms with Crippen LogP contribution in [0.15, 0.2) is 194 Å². The van der Waals surface area contributed by atoms with Crippen LogP contribution in [0, 0.1) is 0 Å². The molecule has 0 radical (unpaired) electrons. The first-order valence-electron chi connectivity index (χ1n) is 17.4. The Labute approximate surface area is 291 Å². The molecular formula is C50H32. The van der Waals surface area contributed by atoms with E-state index in [0.717, 1.165) is 0 Å². The fourth-order valence-corrected chi connectivity index (χ4v) is 8.15. The Balaban J connectivity index is 1.11. The number of fused-ring (bicyclic) bond motifs is 6. The molecule has 10 rings (SSSR count). The Morgan fingerprint density at radius 2 is 0.540 bits per heavy atom. The number of hydrogen-bond donors (Lipinski definition) is 0. The molecule has 0 bridgehead atoms. The Morgan fingerprint density at radius 1 is 0.180 bits per heavy atom. The molecule has 0 unspecified atom stereocenters. The van der Waals surface area contributed by atoms with Crippen LogP contribution in [0.3, 0.4) is 0 Å². The monoisotopic (exact) mass is 632 g/mol. The maximum atomic E-state index is 2.31. The van der Waals surface area contributed by atoms with Gasteiger partial charge in [0.1, 0.15) is 0 Å². The zero-order valence-corrected chi connectivity index (χ0v) is 27.5. The quantitative estimate of drug-likeness (QED) is 0.134. The lowest BCUT2D eigenvalue weighted by molar-refractivity contribution is 1.62. The highest BCUT2D eigenvalue weighted by Crippen LogP contribution is 2.44. The second kappa shape index (κ2) is 11.6. The minimum atomic E-state index is 1.23. The first-order chi connectivity index (χ1) is 24.8. The molecule has 50 heavy (non-hydrogen) atoms. The molecule has 0 heteroatoms. The van der Waals surface area contributed by atoms with E-state index < -0.39 is 0 Å². The van der Waals surface area contributed by atoms with E-state index in [1.165, 1.54) is 98.4 Å². The highest BCUT2D eigenvalue weighted by Gasteiger charge is 2.17. The molecule has 0 aliphatic rings. The van der Waals surface area contributed by atoms with E-state index >= 15 is 0 Å². The largest absolute Gasteiger partial charge is 0.0616 e. The predicted octanol–water partition coefficient (Wildman–Crippen LogP) is 14.1. The number of rotatable bonds is 4. The summed E-state index contributed by atoms with van der Waals surface area (Å²) in [6.45, 7) is 0. The van der Waals surface area contributed by atoms with Gasteiger partial charge in [-0.25, -0.2) is 0 Å². The maximum absolute atomic E-state index is 2.31. The summed E-state index contributed by atoms with van der Waals surface area (Å²) in [5.74, 6) is 0. The summed E-state index contributed by atoms with van der Waals surface area (Å²) in [5.41, 5.74) is 10.0. The molecule has 10 aromatic carbocycles. The SMILES string of the molecule is c1ccc2c(-c3ccc(-c4c5ccccc5c(-c5ccc(-c6cccc7c6ccc6ccccc67)cc5)c5ccccc45)cc3)cccc2c1. The molecule has 0 aromatic heterocycles. The molecule has 0 aliphatic heterocycles. The van der Waals surface area contributed by atoms with Crippen LogP contribution in [0.5, 0.6) is 0 Å². The predicted molar refractivity (Wildman–Crippen MR) is 216 cm³/mol. The molecular weight excluding hydrogens is 601 g/mol. The van der Waals surface area contributed by atoms with Crippen molar-refractivity contribution in [1.29, 1.82) is 0 Å². The van der Waals surface area contributed by atoms with Gasteiger partial charge in [-0.15, -0.1) is 0 Å². The van der Waals surface area contributed by atoms with E-state index in [0.29, 0.717) is 0 Å². The van der Waals surface area contributed by atoms with Crippen molar-refractivity contribution >= 4 is 53.9 Å². The average Bonchev–Trinajstić information content (AvgIpc) is 3.19. The topological polar surface area (TPSA) is 0 Å². The van der Waals surface area contributed by atoms with Crippen LogP contribution in [-0.4, -0.2) is 0 Å². The summed E-state index contributed by atoms with van der Waals surface area (Å²) in [4.78, 5) is 0. The van der Waals surface area contributed by atoms with Gasteiger partial charge in [0, 0.05) is 0 Å². The molecule has 10 aromatic rings. The van der Waals surface area contributed by atoms with Gasteiger partial charge in [-0.1, -0.05) is 194 Å². The first-order valence-corrected chi connectivity index (χ1v) is 17.4. The van der Waals surface area contributed by atoms with Crippen LogP contribution < -0.4 is 0 Å². The zero-order valence-electron chi connectivity index (χ0n) is 27.5. The Bertz CT molecular complexity index is 2830. The fourth-order valence-electron chi connectivity index (χ4n) is 8.15. The summed E-state index contributed by atoms with van der Waals surface area (Å²) >= 11 is 0. The Hall–Kier alpha value is -6.50. The Kier molecular flexibility index (Phi) is 6.60. The lowest BCUT2D eigenvalue weighted by Gasteiger charge is -2.18. The second-order valence-corrected chi connectivity index (χ2v) is 13.2. The lowest BCUT2D eigenvalue weighted by Crippen LogP contribution is -1.91. The van der Waals surface area contributed by atoms with Crippen molar-refractivity contribution in [3.63, 3.8) is 0 Å². The zero-order chi connectivity index (χ0) is 33.0. The van der Waals surface area contributed by atoms with Crippen molar-refractivity contribution in [3.8, 4) is 44.5 Å². The van der Waals surface area contributed by atoms with Crippen LogP contribution >= 0.6 is 0 Å². The molecule has 0 nitrogen and oxygen atoms in total. The normalized spacial score (nSPS) is 11.6. The molecule has 0 fully saturated rings. The van der Waals surface area contributed by atoms with Crippen molar-refractivity contribution in [3.05, 3.63) is 194 Å². The van der Waals surface area contributed by atoms with Crippen LogP contribution in [0.1, 0.15) is 0 Å². The molecule has 232 valence electrons. The minimum Gasteiger partial charge on any atom is -0.0616 e. The minimum absolute atomic E-state index is 1.23. The van der Waals surface area contributed by atoms with Crippen molar-refractivity contribution in [2.75, 3.05) is 0 Å². The van der Waals surface area contributed by atoms with Gasteiger partial charge in [0.05, 0.1) is 0 Å². The van der Waals surface area contributed by atoms with Crippen LogP contribution in [0.25, 0.3) is 98.4 Å². The van der Waals surface area contributed by atoms with Gasteiger partial charge in [-0.05, 0) is 98.4 Å². The first kappa shape index (κ1) is 28.5. The second-order valence-electron chi connectivity index (χ2n) is 13.2. The summed E-state index contributed by atoms with van der Waals surface area (Å²) in [6, 6.07) is 71.2. The molecule has 0 atom stereocenters. The molecule has 0 heterocycles. The fraction of sp³-hybridized carbons (Fsp3) is 0. The maximum Gasteiger partial charge on any atom is -0.00264 e. The van der Waals surface area contributed by atoms with Crippen LogP contribution in [0.4, 0.5) is 0 Å². The van der Waals surface area contributed by atoms with Gasteiger partial charge in [0.15, 0.2) is 0 Å². The van der Waals surface area contributed by atoms with Crippen LogP contribution in [-0.2, 0) is 0 Å². The molecule has 0 saturated heterocycles. The highest BCUT2D eigenvalue weighted by atomic mass is 14.2. The number of benzene rings is 10. The molecule has 0 N–H and O–H groups in total. The van der Waals surface area contributed by atoms with Gasteiger partial charge in [-0.2, -0.15) is 0 Å². The van der Waals surface area contributed by atoms with Crippen molar-refractivity contribution in [2.45, 2.75) is 0 Å². The van der Waals surface area contributed by atoms with Gasteiger partial charge in [0.25, 0.3) is 0 Å². The average molecular weight is 633 g/mol. The standard InChI is InChI=1S/C50H32/c1-3-14-39-33(11-1)13-9-20-40(39)35-23-27-37(28-24-35)49-45-16-5-7-18-47(45)50(48-19-8-6-17-46(48)49)38-29-25-36(26-30-38)42-21-10-22-43-41-15-4-2-12-34(41)31-32-44(42)43/h1-32H. The van der Waals surface area contributed by atoms with E-state index in [2.05, 4.69) is 194 Å². The van der Waals surface area contributed by atoms with E-state index in [1.54, 1.807) is 0 Å². The lowest BCUT2D eigenvalue weighted by atomic mass is 9.85. The third-order valence-corrected chi connectivity index (χ3v) is 10.5. The van der Waals surface area contributed by atoms with E-state index in [1.807, 2.05) is 0 Å². The Morgan fingerprint density at radius 3 is 1.08 bits per heavy atom. The van der Waals surface area contributed by atoms with Crippen LogP contribution in [0.2, 0.25) is 0 Å². The van der Waals surface area contributed by atoms with E-state index in [-0.39, 0.29) is 0 Å². The third kappa shape index (κ3) is 4.54. The summed E-state index contributed by atoms with van der Waals surface area (Å²) in [5, 5.41) is 12.8. The smallest absolute Gasteiger partial charge is 0.00264 e. The molecule has 0 saturated carbocycles. The highest BCUT2D eigenvalue weighted by molar-refractivity contribution is 6.21. The third-order valence-electron chi connectivity index (χ3n) is 10.5. The van der Waals surface area contributed by atoms with Gasteiger partial charge >= 0.3 is 0 Å². The van der Waals surface area contributed by atoms with Crippen molar-refractivity contribution in [1.82, 2.24) is 0 Å². The number of hydrogen-bond acceptors (Lipinski definition) is 0. The van der Waals surface area contributed by atoms with E-state index in [4.69, 9.17) is 0 Å². The van der Waals surface area contributed by atoms with Gasteiger partial charge < -0.3 is 0 Å². The summed E-state index contributed by atoms with van der Waals surface area (Å²) in [6.07, 6.45) is 0. The molecule has 0 spiro atoms. The summed E-state index contributed by atoms with van der Waals surface area (Å²) < 4.78 is 0. The van der Waals surface area contributed by atoms with Gasteiger partial charge in [0.2, 0.25) is 0 Å². The molecule has 0 amide bonds. The van der Waals surface area contributed by atoms with Crippen molar-refractivity contribution in [2.24, 2.45) is 0 Å². The van der Waals surface area contributed by atoms with Gasteiger partial charge in [-0.3, -0.25) is 0 Å².